The van der Waals surface area contributed by atoms with Gasteiger partial charge in [0.1, 0.15) is 5.75 Å². The van der Waals surface area contributed by atoms with Gasteiger partial charge in [-0.3, -0.25) is 14.0 Å². The molecule has 1 fully saturated rings. The summed E-state index contributed by atoms with van der Waals surface area (Å²) in [5, 5.41) is 24.8. The van der Waals surface area contributed by atoms with E-state index in [0.29, 0.717) is 30.9 Å². The first-order chi connectivity index (χ1) is 18.2. The lowest BCUT2D eigenvalue weighted by molar-refractivity contribution is -0.147. The highest BCUT2D eigenvalue weighted by atomic mass is 35.5. The highest BCUT2D eigenvalue weighted by molar-refractivity contribution is 7.92. The molecule has 0 radical (unpaired) electrons. The number of halogens is 1. The number of carbonyl (C=O) groups is 1. The molecule has 0 spiro atoms. The Morgan fingerprint density at radius 2 is 1.54 bits per heavy atom. The Morgan fingerprint density at radius 1 is 0.974 bits per heavy atom. The van der Waals surface area contributed by atoms with Crippen LogP contribution in [0.3, 0.4) is 0 Å². The van der Waals surface area contributed by atoms with Crippen molar-refractivity contribution in [3.63, 3.8) is 0 Å². The number of hydrogen-bond donors (Lipinski definition) is 3. The van der Waals surface area contributed by atoms with Gasteiger partial charge in [-0.15, -0.1) is 12.4 Å². The van der Waals surface area contributed by atoms with Crippen LogP contribution in [0, 0.1) is 5.92 Å². The normalized spacial score (nSPS) is 13.3. The van der Waals surface area contributed by atoms with Crippen molar-refractivity contribution in [1.82, 2.24) is 4.90 Å². The molecule has 3 aromatic carbocycles. The monoisotopic (exact) mass is 578 g/mol. The molecule has 9 nitrogen and oxygen atoms in total. The average Bonchev–Trinajstić information content (AvgIpc) is 2.91. The summed E-state index contributed by atoms with van der Waals surface area (Å²) in [7, 11) is -0.651. The lowest BCUT2D eigenvalue weighted by Gasteiger charge is -2.36. The van der Waals surface area contributed by atoms with Crippen LogP contribution in [-0.4, -0.2) is 75.1 Å². The molecule has 11 heteroatoms. The molecule has 39 heavy (non-hydrogen) atoms. The number of aliphatic hydroxyl groups is 2. The number of aliphatic hydroxyl groups excluding tert-OH is 2. The first-order valence-electron chi connectivity index (χ1n) is 12.2. The third-order valence-corrected chi connectivity index (χ3v) is 8.05. The largest absolute Gasteiger partial charge is 0.497 e. The Bertz CT molecular complexity index is 1290. The van der Waals surface area contributed by atoms with E-state index >= 15 is 0 Å². The number of rotatable bonds is 10. The number of anilines is 1. The molecule has 0 aliphatic carbocycles. The molecule has 3 aromatic rings. The van der Waals surface area contributed by atoms with E-state index in [9.17, 15) is 13.2 Å². The summed E-state index contributed by atoms with van der Waals surface area (Å²) < 4.78 is 32.6. The Kier molecular flexibility index (Phi) is 12.2. The Morgan fingerprint density at radius 3 is 2.03 bits per heavy atom. The Labute approximate surface area is 235 Å². The van der Waals surface area contributed by atoms with E-state index in [2.05, 4.69) is 4.90 Å². The van der Waals surface area contributed by atoms with Crippen molar-refractivity contribution < 1.29 is 33.3 Å². The van der Waals surface area contributed by atoms with Gasteiger partial charge in [0.05, 0.1) is 23.6 Å². The lowest BCUT2D eigenvalue weighted by atomic mass is 9.99. The highest BCUT2D eigenvalue weighted by Gasteiger charge is 2.32. The van der Waals surface area contributed by atoms with E-state index in [-0.39, 0.29) is 36.4 Å². The number of ether oxygens (including phenoxy) is 1. The van der Waals surface area contributed by atoms with Gasteiger partial charge in [-0.2, -0.15) is 0 Å². The minimum Gasteiger partial charge on any atom is -0.497 e. The van der Waals surface area contributed by atoms with Crippen LogP contribution >= 0.6 is 12.4 Å². The number of benzene rings is 3. The zero-order valence-corrected chi connectivity index (χ0v) is 23.6. The third-order valence-electron chi connectivity index (χ3n) is 6.25. The number of methoxy groups -OCH3 is 1. The molecule has 1 aliphatic heterocycles. The van der Waals surface area contributed by atoms with Crippen molar-refractivity contribution in [2.45, 2.75) is 17.9 Å². The van der Waals surface area contributed by atoms with Crippen LogP contribution in [0.15, 0.2) is 77.7 Å². The van der Waals surface area contributed by atoms with Crippen LogP contribution in [0.1, 0.15) is 12.0 Å². The predicted octanol–water partition coefficient (Wildman–Crippen LogP) is 3.49. The average molecular weight is 579 g/mol. The van der Waals surface area contributed by atoms with Crippen molar-refractivity contribution >= 4 is 34.1 Å². The standard InChI is InChI=1S/C25H26N2O5S.C3H8O2.ClH/c1-26(22-4-3-5-23(14-22)32-2)33(30,31)24-12-10-20(11-13-24)19-8-6-18(7-9-19)15-27-16-21(17-27)25(28)29;4-2-1-3-5;/h3-14,21H,15-17H2,1-2H3,(H,28,29);4-5H,1-3H2;1H. The zero-order valence-electron chi connectivity index (χ0n) is 21.9. The lowest BCUT2D eigenvalue weighted by Crippen LogP contribution is -2.49. The van der Waals surface area contributed by atoms with Crippen molar-refractivity contribution in [1.29, 1.82) is 0 Å². The maximum absolute atomic E-state index is 13.1. The van der Waals surface area contributed by atoms with Crippen LogP contribution in [0.4, 0.5) is 5.69 Å². The molecule has 0 unspecified atom stereocenters. The minimum absolute atomic E-state index is 0. The van der Waals surface area contributed by atoms with Gasteiger partial charge < -0.3 is 20.1 Å². The van der Waals surface area contributed by atoms with Gasteiger partial charge in [0.15, 0.2) is 0 Å². The van der Waals surface area contributed by atoms with Gasteiger partial charge in [-0.25, -0.2) is 8.42 Å². The second-order valence-corrected chi connectivity index (χ2v) is 10.9. The number of hydrogen-bond acceptors (Lipinski definition) is 7. The third kappa shape index (κ3) is 8.42. The van der Waals surface area contributed by atoms with E-state index in [1.807, 2.05) is 24.3 Å². The van der Waals surface area contributed by atoms with E-state index in [4.69, 9.17) is 20.1 Å². The number of carboxylic acid groups (broad SMARTS) is 1. The SMILES string of the molecule is COc1cccc(N(C)S(=O)(=O)c2ccc(-c3ccc(CN4CC(C(=O)O)C4)cc3)cc2)c1.Cl.OCCCO. The van der Waals surface area contributed by atoms with Gasteiger partial charge in [0, 0.05) is 46.0 Å². The highest BCUT2D eigenvalue weighted by Crippen LogP contribution is 2.28. The van der Waals surface area contributed by atoms with Gasteiger partial charge in [-0.05, 0) is 47.4 Å². The van der Waals surface area contributed by atoms with Gasteiger partial charge >= 0.3 is 5.97 Å². The topological polar surface area (TPSA) is 128 Å². The van der Waals surface area contributed by atoms with Crippen molar-refractivity contribution in [3.8, 4) is 16.9 Å². The van der Waals surface area contributed by atoms with E-state index < -0.39 is 16.0 Å². The predicted molar refractivity (Wildman–Crippen MR) is 153 cm³/mol. The number of nitrogens with zero attached hydrogens (tertiary/aromatic N) is 2. The molecular formula is C28H35ClN2O7S. The molecule has 0 atom stereocenters. The summed E-state index contributed by atoms with van der Waals surface area (Å²) in [6, 6.07) is 21.8. The number of likely N-dealkylation sites (tertiary alicyclic amines) is 1. The van der Waals surface area contributed by atoms with E-state index in [1.54, 1.807) is 55.6 Å². The van der Waals surface area contributed by atoms with Crippen LogP contribution < -0.4 is 9.04 Å². The molecule has 212 valence electrons. The number of sulfonamides is 1. The van der Waals surface area contributed by atoms with Crippen LogP contribution in [0.2, 0.25) is 0 Å². The fourth-order valence-corrected chi connectivity index (χ4v) is 5.10. The van der Waals surface area contributed by atoms with Crippen molar-refractivity contribution in [2.24, 2.45) is 5.92 Å². The minimum atomic E-state index is -3.71. The number of aliphatic carboxylic acids is 1. The maximum Gasteiger partial charge on any atom is 0.309 e. The van der Waals surface area contributed by atoms with E-state index in [0.717, 1.165) is 23.2 Å². The smallest absolute Gasteiger partial charge is 0.309 e. The quantitative estimate of drug-likeness (QED) is 0.334. The van der Waals surface area contributed by atoms with Gasteiger partial charge in [0.2, 0.25) is 0 Å². The molecule has 1 heterocycles. The summed E-state index contributed by atoms with van der Waals surface area (Å²) in [5.74, 6) is -0.409. The summed E-state index contributed by atoms with van der Waals surface area (Å²) in [4.78, 5) is 13.2. The first-order valence-corrected chi connectivity index (χ1v) is 13.6. The summed E-state index contributed by atoms with van der Waals surface area (Å²) in [6.45, 7) is 2.07. The molecule has 0 amide bonds. The fraction of sp³-hybridized carbons (Fsp3) is 0.321. The molecule has 3 N–H and O–H groups in total. The number of carboxylic acids is 1. The molecule has 0 bridgehead atoms. The summed E-state index contributed by atoms with van der Waals surface area (Å²) in [6.07, 6.45) is 0.500. The second kappa shape index (κ2) is 14.9. The fourth-order valence-electron chi connectivity index (χ4n) is 3.91. The maximum atomic E-state index is 13.1. The summed E-state index contributed by atoms with van der Waals surface area (Å²) in [5.41, 5.74) is 3.53. The Balaban J connectivity index is 0.000000816. The van der Waals surface area contributed by atoms with Crippen molar-refractivity contribution in [2.75, 3.05) is 44.8 Å². The molecule has 1 saturated heterocycles. The van der Waals surface area contributed by atoms with Crippen LogP contribution in [-0.2, 0) is 21.4 Å². The van der Waals surface area contributed by atoms with Crippen LogP contribution in [0.25, 0.3) is 11.1 Å². The molecule has 0 aromatic heterocycles. The summed E-state index contributed by atoms with van der Waals surface area (Å²) >= 11 is 0. The van der Waals surface area contributed by atoms with Crippen LogP contribution in [0.5, 0.6) is 5.75 Å². The van der Waals surface area contributed by atoms with E-state index in [1.165, 1.54) is 11.4 Å². The van der Waals surface area contributed by atoms with Gasteiger partial charge in [-0.1, -0.05) is 42.5 Å². The van der Waals surface area contributed by atoms with Gasteiger partial charge in [0.25, 0.3) is 10.0 Å². The zero-order chi connectivity index (χ0) is 27.7. The molecule has 0 saturated carbocycles. The molecule has 1 aliphatic rings. The Hall–Kier alpha value is -3.15. The molecular weight excluding hydrogens is 544 g/mol. The first kappa shape index (κ1) is 32.1. The van der Waals surface area contributed by atoms with Crippen molar-refractivity contribution in [3.05, 3.63) is 78.4 Å². The second-order valence-electron chi connectivity index (χ2n) is 8.93. The molecule has 4 rings (SSSR count).